The quantitative estimate of drug-likeness (QED) is 0.392. The SMILES string of the molecule is O=C(Nc1c(F)cc(-c2noc(C(F)(F)F)n2)cc1F)OCc1ccc(-c2cccnc2)nc1. The van der Waals surface area contributed by atoms with Crippen LogP contribution < -0.4 is 5.32 Å². The fourth-order valence-electron chi connectivity index (χ4n) is 2.76. The number of benzene rings is 1. The maximum absolute atomic E-state index is 14.3. The van der Waals surface area contributed by atoms with E-state index >= 15 is 0 Å². The molecule has 3 aromatic heterocycles. The number of anilines is 1. The van der Waals surface area contributed by atoms with E-state index in [1.807, 2.05) is 11.4 Å². The Bertz CT molecular complexity index is 1290. The number of pyridine rings is 2. The molecule has 8 nitrogen and oxygen atoms in total. The lowest BCUT2D eigenvalue weighted by Crippen LogP contribution is -2.16. The Labute approximate surface area is 187 Å². The van der Waals surface area contributed by atoms with Crippen molar-refractivity contribution in [1.29, 1.82) is 0 Å². The van der Waals surface area contributed by atoms with Gasteiger partial charge in [0.2, 0.25) is 5.82 Å². The number of nitrogens with zero attached hydrogens (tertiary/aromatic N) is 4. The molecule has 0 fully saturated rings. The average Bonchev–Trinajstić information content (AvgIpc) is 3.32. The molecular weight excluding hydrogens is 465 g/mol. The van der Waals surface area contributed by atoms with E-state index in [1.165, 1.54) is 6.20 Å². The summed E-state index contributed by atoms with van der Waals surface area (Å²) in [5.41, 5.74) is 0.662. The zero-order valence-electron chi connectivity index (χ0n) is 16.8. The lowest BCUT2D eigenvalue weighted by Gasteiger charge is -2.10. The molecular formula is C21H12F5N5O3. The second-order valence-corrected chi connectivity index (χ2v) is 6.73. The van der Waals surface area contributed by atoms with E-state index < -0.39 is 46.9 Å². The first kappa shape index (κ1) is 22.8. The van der Waals surface area contributed by atoms with Gasteiger partial charge < -0.3 is 9.26 Å². The third-order valence-corrected chi connectivity index (χ3v) is 4.35. The molecule has 0 aliphatic heterocycles. The largest absolute Gasteiger partial charge is 0.471 e. The van der Waals surface area contributed by atoms with Crippen molar-refractivity contribution in [3.63, 3.8) is 0 Å². The summed E-state index contributed by atoms with van der Waals surface area (Å²) in [7, 11) is 0. The number of amides is 1. The highest BCUT2D eigenvalue weighted by molar-refractivity contribution is 5.85. The van der Waals surface area contributed by atoms with Crippen LogP contribution in [0.15, 0.2) is 59.5 Å². The van der Waals surface area contributed by atoms with E-state index in [4.69, 9.17) is 4.74 Å². The number of hydrogen-bond acceptors (Lipinski definition) is 7. The molecule has 174 valence electrons. The molecule has 0 unspecified atom stereocenters. The zero-order valence-corrected chi connectivity index (χ0v) is 16.8. The third kappa shape index (κ3) is 5.14. The molecule has 13 heteroatoms. The van der Waals surface area contributed by atoms with Gasteiger partial charge in [0.1, 0.15) is 12.3 Å². The molecule has 0 aliphatic carbocycles. The number of ether oxygens (including phenoxy) is 1. The Balaban J connectivity index is 1.40. The first-order valence-corrected chi connectivity index (χ1v) is 9.40. The molecule has 1 N–H and O–H groups in total. The van der Waals surface area contributed by atoms with Crippen LogP contribution in [-0.2, 0) is 17.5 Å². The minimum Gasteiger partial charge on any atom is -0.444 e. The van der Waals surface area contributed by atoms with Crippen LogP contribution in [0.2, 0.25) is 0 Å². The van der Waals surface area contributed by atoms with Crippen LogP contribution in [0.4, 0.5) is 32.4 Å². The number of aromatic nitrogens is 4. The van der Waals surface area contributed by atoms with Crippen LogP contribution in [0.1, 0.15) is 11.5 Å². The summed E-state index contributed by atoms with van der Waals surface area (Å²) in [6.45, 7) is -0.240. The monoisotopic (exact) mass is 477 g/mol. The van der Waals surface area contributed by atoms with E-state index in [1.54, 1.807) is 30.6 Å². The molecule has 3 heterocycles. The first-order valence-electron chi connectivity index (χ1n) is 9.40. The Morgan fingerprint density at radius 3 is 2.41 bits per heavy atom. The lowest BCUT2D eigenvalue weighted by molar-refractivity contribution is -0.159. The summed E-state index contributed by atoms with van der Waals surface area (Å²) in [6.07, 6.45) is -1.36. The van der Waals surface area contributed by atoms with Gasteiger partial charge in [0.25, 0.3) is 0 Å². The van der Waals surface area contributed by atoms with Crippen LogP contribution >= 0.6 is 0 Å². The number of hydrogen-bond donors (Lipinski definition) is 1. The maximum atomic E-state index is 14.3. The van der Waals surface area contributed by atoms with Gasteiger partial charge in [-0.05, 0) is 30.3 Å². The Morgan fingerprint density at radius 1 is 1.06 bits per heavy atom. The molecule has 4 aromatic rings. The molecule has 34 heavy (non-hydrogen) atoms. The van der Waals surface area contributed by atoms with E-state index in [-0.39, 0.29) is 6.61 Å². The Morgan fingerprint density at radius 2 is 1.82 bits per heavy atom. The average molecular weight is 477 g/mol. The van der Waals surface area contributed by atoms with Gasteiger partial charge in [0.15, 0.2) is 11.6 Å². The molecule has 0 saturated carbocycles. The fraction of sp³-hybridized carbons (Fsp3) is 0.0952. The summed E-state index contributed by atoms with van der Waals surface area (Å²) in [4.78, 5) is 23.3. The van der Waals surface area contributed by atoms with Gasteiger partial charge >= 0.3 is 18.2 Å². The van der Waals surface area contributed by atoms with Crippen LogP contribution in [-0.4, -0.2) is 26.2 Å². The van der Waals surface area contributed by atoms with E-state index in [0.29, 0.717) is 23.4 Å². The third-order valence-electron chi connectivity index (χ3n) is 4.35. The lowest BCUT2D eigenvalue weighted by atomic mass is 10.1. The second-order valence-electron chi connectivity index (χ2n) is 6.73. The predicted octanol–water partition coefficient (Wildman–Crippen LogP) is 5.24. The van der Waals surface area contributed by atoms with E-state index in [0.717, 1.165) is 5.56 Å². The number of rotatable bonds is 5. The Hall–Kier alpha value is -4.42. The fourth-order valence-corrected chi connectivity index (χ4v) is 2.76. The molecule has 0 aliphatic rings. The van der Waals surface area contributed by atoms with Crippen LogP contribution in [0.25, 0.3) is 22.6 Å². The standard InChI is InChI=1S/C21H12F5N5O3/c22-14-6-13(18-30-19(34-31-18)21(24,25)26)7-15(23)17(14)29-20(32)33-10-11-3-4-16(28-8-11)12-2-1-5-27-9-12/h1-9H,10H2,(H,29,32). The van der Waals surface area contributed by atoms with E-state index in [9.17, 15) is 26.7 Å². The topological polar surface area (TPSA) is 103 Å². The predicted molar refractivity (Wildman–Crippen MR) is 106 cm³/mol. The molecule has 0 spiro atoms. The van der Waals surface area contributed by atoms with Crippen LogP contribution in [0, 0.1) is 11.6 Å². The number of alkyl halides is 3. The van der Waals surface area contributed by atoms with Gasteiger partial charge in [0.05, 0.1) is 5.69 Å². The summed E-state index contributed by atoms with van der Waals surface area (Å²) >= 11 is 0. The smallest absolute Gasteiger partial charge is 0.444 e. The molecule has 0 saturated heterocycles. The first-order chi connectivity index (χ1) is 16.2. The Kier molecular flexibility index (Phi) is 6.17. The highest BCUT2D eigenvalue weighted by Crippen LogP contribution is 2.31. The summed E-state index contributed by atoms with van der Waals surface area (Å²) < 4.78 is 75.3. The molecule has 1 aromatic carbocycles. The molecule has 0 bridgehead atoms. The summed E-state index contributed by atoms with van der Waals surface area (Å²) in [6, 6.07) is 8.20. The normalized spacial score (nSPS) is 11.3. The van der Waals surface area contributed by atoms with Gasteiger partial charge in [-0.15, -0.1) is 0 Å². The van der Waals surface area contributed by atoms with Crippen molar-refractivity contribution >= 4 is 11.8 Å². The zero-order chi connectivity index (χ0) is 24.3. The van der Waals surface area contributed by atoms with Crippen molar-refractivity contribution in [2.24, 2.45) is 0 Å². The number of nitrogens with one attached hydrogen (secondary N) is 1. The van der Waals surface area contributed by atoms with Crippen molar-refractivity contribution < 1.29 is 36.0 Å². The summed E-state index contributed by atoms with van der Waals surface area (Å²) in [5.74, 6) is -4.92. The van der Waals surface area contributed by atoms with Crippen molar-refractivity contribution in [3.8, 4) is 22.6 Å². The molecule has 1 amide bonds. The van der Waals surface area contributed by atoms with Crippen molar-refractivity contribution in [2.75, 3.05) is 5.32 Å². The van der Waals surface area contributed by atoms with Crippen LogP contribution in [0.5, 0.6) is 0 Å². The van der Waals surface area contributed by atoms with Gasteiger partial charge in [-0.2, -0.15) is 18.2 Å². The van der Waals surface area contributed by atoms with Gasteiger partial charge in [-0.3, -0.25) is 15.3 Å². The second kappa shape index (κ2) is 9.21. The van der Waals surface area contributed by atoms with Crippen molar-refractivity contribution in [2.45, 2.75) is 12.8 Å². The van der Waals surface area contributed by atoms with Gasteiger partial charge in [-0.1, -0.05) is 11.2 Å². The van der Waals surface area contributed by atoms with Crippen molar-refractivity contribution in [1.82, 2.24) is 20.1 Å². The number of carbonyl (C=O) groups is 1. The molecule has 0 atom stereocenters. The van der Waals surface area contributed by atoms with Crippen LogP contribution in [0.3, 0.4) is 0 Å². The number of halogens is 5. The molecule has 4 rings (SSSR count). The van der Waals surface area contributed by atoms with Crippen molar-refractivity contribution in [3.05, 3.63) is 78.1 Å². The van der Waals surface area contributed by atoms with Gasteiger partial charge in [-0.25, -0.2) is 13.6 Å². The van der Waals surface area contributed by atoms with Gasteiger partial charge in [0, 0.05) is 35.3 Å². The minimum atomic E-state index is -4.91. The number of carbonyl (C=O) groups excluding carboxylic acids is 1. The van der Waals surface area contributed by atoms with E-state index in [2.05, 4.69) is 24.6 Å². The summed E-state index contributed by atoms with van der Waals surface area (Å²) in [5, 5.41) is 4.96. The maximum Gasteiger partial charge on any atom is 0.471 e. The highest BCUT2D eigenvalue weighted by Gasteiger charge is 2.38. The minimum absolute atomic E-state index is 0.240. The molecule has 0 radical (unpaired) electrons. The highest BCUT2D eigenvalue weighted by atomic mass is 19.4.